The van der Waals surface area contributed by atoms with Gasteiger partial charge >= 0.3 is 0 Å². The van der Waals surface area contributed by atoms with Crippen LogP contribution >= 0.6 is 0 Å². The molecule has 2 aromatic rings. The Morgan fingerprint density at radius 3 is 2.38 bits per heavy atom. The van der Waals surface area contributed by atoms with Crippen molar-refractivity contribution in [1.29, 1.82) is 0 Å². The molecule has 1 aliphatic heterocycles. The molecule has 1 atom stereocenters. The fourth-order valence-electron chi connectivity index (χ4n) is 3.09. The lowest BCUT2D eigenvalue weighted by Gasteiger charge is -2.35. The summed E-state index contributed by atoms with van der Waals surface area (Å²) in [6.45, 7) is 3.71. The van der Waals surface area contributed by atoms with Crippen molar-refractivity contribution in [2.45, 2.75) is 24.8 Å². The van der Waals surface area contributed by atoms with Gasteiger partial charge in [-0.15, -0.1) is 0 Å². The van der Waals surface area contributed by atoms with Crippen LogP contribution in [-0.4, -0.2) is 37.5 Å². The number of hydrogen-bond donors (Lipinski definition) is 1. The highest BCUT2D eigenvalue weighted by Gasteiger charge is 2.40. The maximum Gasteiger partial charge on any atom is 0.244 e. The molecule has 136 valence electrons. The van der Waals surface area contributed by atoms with Gasteiger partial charge in [-0.1, -0.05) is 36.4 Å². The van der Waals surface area contributed by atoms with Gasteiger partial charge in [0.1, 0.15) is 6.04 Å². The molecule has 0 spiro atoms. The lowest BCUT2D eigenvalue weighted by Crippen LogP contribution is -2.52. The Balaban J connectivity index is 2.05. The summed E-state index contributed by atoms with van der Waals surface area (Å²) >= 11 is 0. The van der Waals surface area contributed by atoms with E-state index in [4.69, 9.17) is 0 Å². The molecule has 1 heterocycles. The van der Waals surface area contributed by atoms with Crippen LogP contribution in [-0.2, 0) is 14.8 Å². The Bertz CT molecular complexity index is 952. The van der Waals surface area contributed by atoms with E-state index in [1.807, 2.05) is 19.1 Å². The van der Waals surface area contributed by atoms with Crippen LogP contribution in [0.1, 0.15) is 34.5 Å². The molecule has 2 aromatic carbocycles. The Morgan fingerprint density at radius 2 is 1.77 bits per heavy atom. The van der Waals surface area contributed by atoms with Crippen LogP contribution in [0, 0.1) is 6.92 Å². The summed E-state index contributed by atoms with van der Waals surface area (Å²) in [4.78, 5) is 24.0. The number of hydrogen-bond acceptors (Lipinski definition) is 4. The van der Waals surface area contributed by atoms with E-state index in [1.54, 1.807) is 12.1 Å². The number of piperazine rings is 1. The first-order chi connectivity index (χ1) is 12.3. The van der Waals surface area contributed by atoms with Crippen LogP contribution in [0.25, 0.3) is 0 Å². The molecule has 26 heavy (non-hydrogen) atoms. The summed E-state index contributed by atoms with van der Waals surface area (Å²) in [5, 5.41) is 2.75. The summed E-state index contributed by atoms with van der Waals surface area (Å²) in [7, 11) is -3.89. The van der Waals surface area contributed by atoms with Crippen LogP contribution in [0.5, 0.6) is 0 Å². The minimum Gasteiger partial charge on any atom is -0.353 e. The second kappa shape index (κ2) is 7.01. The van der Waals surface area contributed by atoms with E-state index in [0.717, 1.165) is 5.56 Å². The van der Waals surface area contributed by atoms with E-state index in [9.17, 15) is 18.0 Å². The van der Waals surface area contributed by atoms with Crippen molar-refractivity contribution in [3.05, 3.63) is 65.2 Å². The highest BCUT2D eigenvalue weighted by molar-refractivity contribution is 7.89. The zero-order chi connectivity index (χ0) is 18.9. The van der Waals surface area contributed by atoms with E-state index in [0.29, 0.717) is 11.1 Å². The number of benzene rings is 2. The van der Waals surface area contributed by atoms with Gasteiger partial charge in [0.15, 0.2) is 5.78 Å². The van der Waals surface area contributed by atoms with Gasteiger partial charge in [0, 0.05) is 18.7 Å². The van der Waals surface area contributed by atoms with Gasteiger partial charge in [-0.2, -0.15) is 4.31 Å². The van der Waals surface area contributed by atoms with Gasteiger partial charge in [0.05, 0.1) is 4.90 Å². The third-order valence-corrected chi connectivity index (χ3v) is 6.40. The third-order valence-electron chi connectivity index (χ3n) is 4.52. The number of nitrogens with one attached hydrogen (secondary N) is 1. The lowest BCUT2D eigenvalue weighted by molar-refractivity contribution is -0.126. The number of rotatable bonds is 4. The third kappa shape index (κ3) is 3.27. The van der Waals surface area contributed by atoms with Crippen molar-refractivity contribution >= 4 is 21.7 Å². The number of aryl methyl sites for hydroxylation is 1. The van der Waals surface area contributed by atoms with Crippen molar-refractivity contribution < 1.29 is 18.0 Å². The van der Waals surface area contributed by atoms with E-state index < -0.39 is 16.1 Å². The number of carbonyl (C=O) groups excluding carboxylic acids is 2. The van der Waals surface area contributed by atoms with E-state index in [2.05, 4.69) is 5.32 Å². The van der Waals surface area contributed by atoms with Crippen LogP contribution in [0.15, 0.2) is 53.4 Å². The highest BCUT2D eigenvalue weighted by Crippen LogP contribution is 2.31. The fourth-order valence-corrected chi connectivity index (χ4v) is 4.66. The van der Waals surface area contributed by atoms with Crippen molar-refractivity contribution in [3.8, 4) is 0 Å². The smallest absolute Gasteiger partial charge is 0.244 e. The van der Waals surface area contributed by atoms with Crippen LogP contribution < -0.4 is 5.32 Å². The second-order valence-corrected chi connectivity index (χ2v) is 8.14. The van der Waals surface area contributed by atoms with Gasteiger partial charge in [-0.05, 0) is 37.1 Å². The molecule has 1 amide bonds. The predicted octanol–water partition coefficient (Wildman–Crippen LogP) is 2.06. The molecule has 0 saturated carbocycles. The summed E-state index contributed by atoms with van der Waals surface area (Å²) in [5.41, 5.74) is 1.95. The molecule has 1 N–H and O–H groups in total. The molecular weight excluding hydrogens is 352 g/mol. The Kier molecular flexibility index (Phi) is 4.93. The quantitative estimate of drug-likeness (QED) is 0.833. The van der Waals surface area contributed by atoms with E-state index in [1.165, 1.54) is 35.5 Å². The topological polar surface area (TPSA) is 83.6 Å². The van der Waals surface area contributed by atoms with E-state index in [-0.39, 0.29) is 29.7 Å². The molecule has 1 saturated heterocycles. The molecule has 1 unspecified atom stereocenters. The summed E-state index contributed by atoms with van der Waals surface area (Å²) < 4.78 is 27.6. The van der Waals surface area contributed by atoms with E-state index >= 15 is 0 Å². The second-order valence-electron chi connectivity index (χ2n) is 6.25. The Morgan fingerprint density at radius 1 is 1.12 bits per heavy atom. The number of nitrogens with zero attached hydrogens (tertiary/aromatic N) is 1. The number of ketones is 1. The van der Waals surface area contributed by atoms with Gasteiger partial charge in [0.2, 0.25) is 15.9 Å². The first kappa shape index (κ1) is 18.3. The van der Waals surface area contributed by atoms with Crippen molar-refractivity contribution in [1.82, 2.24) is 9.62 Å². The largest absolute Gasteiger partial charge is 0.353 e. The summed E-state index contributed by atoms with van der Waals surface area (Å²) in [6, 6.07) is 12.1. The number of sulfonamides is 1. The zero-order valence-electron chi connectivity index (χ0n) is 14.6. The maximum atomic E-state index is 13.2. The molecule has 0 aliphatic carbocycles. The van der Waals surface area contributed by atoms with Gasteiger partial charge in [0.25, 0.3) is 0 Å². The lowest BCUT2D eigenvalue weighted by atomic mass is 9.99. The minimum atomic E-state index is -3.89. The molecule has 3 rings (SSSR count). The number of Topliss-reactive ketones (excluding diaryl/α,β-unsaturated/α-hetero) is 1. The zero-order valence-corrected chi connectivity index (χ0v) is 15.4. The standard InChI is InChI=1S/C19H20N2O4S/c1-13-5-3-4-6-17(13)18-19(23)20-11-12-21(18)26(24,25)16-9-7-15(8-10-16)14(2)22/h3-10,18H,11-12H2,1-2H3,(H,20,23). The summed E-state index contributed by atoms with van der Waals surface area (Å²) in [5.74, 6) is -0.474. The van der Waals surface area contributed by atoms with Gasteiger partial charge in [-0.3, -0.25) is 9.59 Å². The van der Waals surface area contributed by atoms with Crippen molar-refractivity contribution in [2.75, 3.05) is 13.1 Å². The van der Waals surface area contributed by atoms with Crippen LogP contribution in [0.3, 0.4) is 0 Å². The molecule has 7 heteroatoms. The first-order valence-corrected chi connectivity index (χ1v) is 9.72. The Hall–Kier alpha value is -2.51. The molecule has 0 radical (unpaired) electrons. The molecule has 6 nitrogen and oxygen atoms in total. The molecule has 0 aromatic heterocycles. The first-order valence-electron chi connectivity index (χ1n) is 8.28. The van der Waals surface area contributed by atoms with Crippen LogP contribution in [0.2, 0.25) is 0 Å². The predicted molar refractivity (Wildman–Crippen MR) is 97.3 cm³/mol. The number of carbonyl (C=O) groups is 2. The molecule has 0 bridgehead atoms. The monoisotopic (exact) mass is 372 g/mol. The minimum absolute atomic E-state index is 0.0655. The molecule has 1 aliphatic rings. The van der Waals surface area contributed by atoms with Crippen LogP contribution in [0.4, 0.5) is 0 Å². The average molecular weight is 372 g/mol. The van der Waals surface area contributed by atoms with Gasteiger partial charge < -0.3 is 5.32 Å². The van der Waals surface area contributed by atoms with Crippen molar-refractivity contribution in [3.63, 3.8) is 0 Å². The van der Waals surface area contributed by atoms with Crippen molar-refractivity contribution in [2.24, 2.45) is 0 Å². The fraction of sp³-hybridized carbons (Fsp3) is 0.263. The molecular formula is C19H20N2O4S. The maximum absolute atomic E-state index is 13.2. The van der Waals surface area contributed by atoms with Gasteiger partial charge in [-0.25, -0.2) is 8.42 Å². The summed E-state index contributed by atoms with van der Waals surface area (Å²) in [6.07, 6.45) is 0. The normalized spacial score (nSPS) is 18.4. The SMILES string of the molecule is CC(=O)c1ccc(S(=O)(=O)N2CCNC(=O)C2c2ccccc2C)cc1. The Labute approximate surface area is 152 Å². The number of amides is 1. The average Bonchev–Trinajstić information content (AvgIpc) is 2.62. The highest BCUT2D eigenvalue weighted by atomic mass is 32.2. The molecule has 1 fully saturated rings.